The van der Waals surface area contributed by atoms with E-state index in [1.807, 2.05) is 48.5 Å². The summed E-state index contributed by atoms with van der Waals surface area (Å²) in [5, 5.41) is 1.16. The molecule has 0 saturated heterocycles. The van der Waals surface area contributed by atoms with Crippen LogP contribution in [-0.4, -0.2) is 30.4 Å². The molecule has 1 heterocycles. The molecule has 1 saturated carbocycles. The number of benzene rings is 4. The summed E-state index contributed by atoms with van der Waals surface area (Å²) in [4.78, 5) is 11.5. The van der Waals surface area contributed by atoms with Crippen molar-refractivity contribution in [1.29, 1.82) is 0 Å². The smallest absolute Gasteiger partial charge is 0.343 e. The lowest BCUT2D eigenvalue weighted by molar-refractivity contribution is -0.142. The quantitative estimate of drug-likeness (QED) is 0.149. The molecule has 6 nitrogen and oxygen atoms in total. The van der Waals surface area contributed by atoms with Gasteiger partial charge in [0, 0.05) is 17.4 Å². The van der Waals surface area contributed by atoms with Gasteiger partial charge in [-0.15, -0.1) is 0 Å². The van der Waals surface area contributed by atoms with Crippen LogP contribution in [0.25, 0.3) is 22.2 Å². The van der Waals surface area contributed by atoms with Crippen LogP contribution in [0.4, 0.5) is 0 Å². The summed E-state index contributed by atoms with van der Waals surface area (Å²) in [6.07, 6.45) is 5.09. The molecule has 43 heavy (non-hydrogen) atoms. The van der Waals surface area contributed by atoms with Gasteiger partial charge in [0.2, 0.25) is 0 Å². The van der Waals surface area contributed by atoms with Crippen LogP contribution in [0, 0.1) is 6.92 Å². The van der Waals surface area contributed by atoms with Crippen LogP contribution in [0.3, 0.4) is 0 Å². The predicted molar refractivity (Wildman–Crippen MR) is 169 cm³/mol. The molecule has 6 heteroatoms. The highest BCUT2D eigenvalue weighted by Gasteiger charge is 2.19. The summed E-state index contributed by atoms with van der Waals surface area (Å²) in [6.45, 7) is 3.26. The third-order valence-corrected chi connectivity index (χ3v) is 8.12. The fraction of sp³-hybridized carbons (Fsp3) is 0.270. The first-order chi connectivity index (χ1) is 21.1. The minimum Gasteiger partial charge on any atom is -0.490 e. The Bertz CT molecular complexity index is 1670. The van der Waals surface area contributed by atoms with Crippen molar-refractivity contribution in [3.63, 3.8) is 0 Å². The number of rotatable bonds is 11. The predicted octanol–water partition coefficient (Wildman–Crippen LogP) is 8.12. The average molecular weight is 576 g/mol. The van der Waals surface area contributed by atoms with Crippen molar-refractivity contribution in [2.24, 2.45) is 0 Å². The Morgan fingerprint density at radius 2 is 1.49 bits per heavy atom. The average Bonchev–Trinajstić information content (AvgIpc) is 3.66. The van der Waals surface area contributed by atoms with Crippen molar-refractivity contribution < 1.29 is 23.7 Å². The summed E-state index contributed by atoms with van der Waals surface area (Å²) in [5.74, 6) is 1.99. The van der Waals surface area contributed by atoms with Crippen LogP contribution in [0.1, 0.15) is 42.4 Å². The van der Waals surface area contributed by atoms with Crippen molar-refractivity contribution in [3.8, 4) is 28.5 Å². The largest absolute Gasteiger partial charge is 0.490 e. The topological polar surface area (TPSA) is 58.9 Å². The first-order valence-corrected chi connectivity index (χ1v) is 14.9. The van der Waals surface area contributed by atoms with Crippen LogP contribution in [0.2, 0.25) is 0 Å². The van der Waals surface area contributed by atoms with E-state index in [1.54, 1.807) is 0 Å². The van der Waals surface area contributed by atoms with Crippen LogP contribution in [-0.2, 0) is 22.7 Å². The molecule has 220 valence electrons. The molecule has 0 bridgehead atoms. The molecule has 0 spiro atoms. The first-order valence-electron chi connectivity index (χ1n) is 14.9. The fourth-order valence-electron chi connectivity index (χ4n) is 5.83. The molecular weight excluding hydrogens is 538 g/mol. The van der Waals surface area contributed by atoms with E-state index in [0.717, 1.165) is 57.6 Å². The Labute approximate surface area is 252 Å². The number of ether oxygens (including phenoxy) is 4. The number of nitrogens with zero attached hydrogens (tertiary/aromatic N) is 1. The van der Waals surface area contributed by atoms with Gasteiger partial charge in [-0.25, -0.2) is 4.79 Å². The van der Waals surface area contributed by atoms with E-state index >= 15 is 0 Å². The van der Waals surface area contributed by atoms with Gasteiger partial charge in [-0.05, 0) is 109 Å². The summed E-state index contributed by atoms with van der Waals surface area (Å²) in [6, 6.07) is 32.9. The molecule has 0 N–H and O–H groups in total. The lowest BCUT2D eigenvalue weighted by Crippen LogP contribution is -2.12. The van der Waals surface area contributed by atoms with Crippen molar-refractivity contribution >= 4 is 16.9 Å². The molecule has 5 aromatic rings. The SMILES string of the molecule is COC(=O)COc1ccc(Cn2c(-c3ccc(OC4CCCC4)cc3)c(C)c3cc(OCc4ccccc4)ccc32)cc1. The fourth-order valence-corrected chi connectivity index (χ4v) is 5.83. The normalized spacial score (nSPS) is 13.3. The van der Waals surface area contributed by atoms with E-state index in [0.29, 0.717) is 25.0 Å². The number of carbonyl (C=O) groups is 1. The maximum Gasteiger partial charge on any atom is 0.343 e. The molecule has 1 aliphatic rings. The number of aryl methyl sites for hydroxylation is 1. The Kier molecular flexibility index (Phi) is 8.64. The van der Waals surface area contributed by atoms with Gasteiger partial charge in [0.25, 0.3) is 0 Å². The minimum absolute atomic E-state index is 0.115. The zero-order chi connectivity index (χ0) is 29.6. The minimum atomic E-state index is -0.408. The molecule has 6 rings (SSSR count). The van der Waals surface area contributed by atoms with Crippen molar-refractivity contribution in [2.75, 3.05) is 13.7 Å². The molecule has 0 atom stereocenters. The van der Waals surface area contributed by atoms with Gasteiger partial charge in [0.1, 0.15) is 23.9 Å². The zero-order valence-corrected chi connectivity index (χ0v) is 24.8. The van der Waals surface area contributed by atoms with Crippen molar-refractivity contribution in [2.45, 2.75) is 51.9 Å². The molecule has 1 fully saturated rings. The number of fused-ring (bicyclic) bond motifs is 1. The van der Waals surface area contributed by atoms with Crippen LogP contribution >= 0.6 is 0 Å². The number of aromatic nitrogens is 1. The van der Waals surface area contributed by atoms with E-state index in [2.05, 4.69) is 64.8 Å². The maximum atomic E-state index is 11.5. The summed E-state index contributed by atoms with van der Waals surface area (Å²) < 4.78 is 25.0. The number of carbonyl (C=O) groups excluding carboxylic acids is 1. The highest BCUT2D eigenvalue weighted by molar-refractivity contribution is 5.92. The molecule has 0 unspecified atom stereocenters. The second-order valence-electron chi connectivity index (χ2n) is 11.1. The first kappa shape index (κ1) is 28.4. The lowest BCUT2D eigenvalue weighted by Gasteiger charge is -2.15. The van der Waals surface area contributed by atoms with E-state index < -0.39 is 5.97 Å². The second kappa shape index (κ2) is 13.1. The van der Waals surface area contributed by atoms with Gasteiger partial charge in [-0.1, -0.05) is 42.5 Å². The standard InChI is InChI=1S/C37H37NO5/c1-26-34-22-33(41-24-28-8-4-3-5-9-28)20-21-35(34)38(23-27-12-16-30(17-13-27)42-25-36(39)40-2)37(26)29-14-18-32(19-15-29)43-31-10-6-7-11-31/h3-5,8-9,12-22,31H,6-7,10-11,23-25H2,1-2H3. The van der Waals surface area contributed by atoms with Gasteiger partial charge in [-0.2, -0.15) is 0 Å². The molecule has 4 aromatic carbocycles. The number of esters is 1. The molecule has 0 radical (unpaired) electrons. The van der Waals surface area contributed by atoms with Gasteiger partial charge in [-0.3, -0.25) is 0 Å². The number of hydrogen-bond donors (Lipinski definition) is 0. The van der Waals surface area contributed by atoms with E-state index in [1.165, 1.54) is 25.5 Å². The summed E-state index contributed by atoms with van der Waals surface area (Å²) >= 11 is 0. The van der Waals surface area contributed by atoms with Crippen LogP contribution in [0.5, 0.6) is 17.2 Å². The molecule has 0 amide bonds. The van der Waals surface area contributed by atoms with Crippen LogP contribution < -0.4 is 14.2 Å². The van der Waals surface area contributed by atoms with Crippen molar-refractivity contribution in [3.05, 3.63) is 114 Å². The summed E-state index contributed by atoms with van der Waals surface area (Å²) in [7, 11) is 1.35. The van der Waals surface area contributed by atoms with Gasteiger partial charge in [0.05, 0.1) is 18.9 Å². The molecule has 1 aromatic heterocycles. The third kappa shape index (κ3) is 6.69. The summed E-state index contributed by atoms with van der Waals surface area (Å²) in [5.41, 5.74) is 6.89. The lowest BCUT2D eigenvalue weighted by atomic mass is 10.1. The molecule has 0 aliphatic heterocycles. The highest BCUT2D eigenvalue weighted by atomic mass is 16.6. The second-order valence-corrected chi connectivity index (χ2v) is 11.1. The Morgan fingerprint density at radius 1 is 0.791 bits per heavy atom. The van der Waals surface area contributed by atoms with E-state index in [4.69, 9.17) is 14.2 Å². The molecule has 1 aliphatic carbocycles. The van der Waals surface area contributed by atoms with Crippen molar-refractivity contribution in [1.82, 2.24) is 4.57 Å². The number of hydrogen-bond acceptors (Lipinski definition) is 5. The van der Waals surface area contributed by atoms with Gasteiger partial charge in [0.15, 0.2) is 6.61 Å². The van der Waals surface area contributed by atoms with Gasteiger partial charge >= 0.3 is 5.97 Å². The number of methoxy groups -OCH3 is 1. The Balaban J connectivity index is 1.31. The third-order valence-electron chi connectivity index (χ3n) is 8.12. The maximum absolute atomic E-state index is 11.5. The van der Waals surface area contributed by atoms with E-state index in [9.17, 15) is 4.79 Å². The van der Waals surface area contributed by atoms with Gasteiger partial charge < -0.3 is 23.5 Å². The zero-order valence-electron chi connectivity index (χ0n) is 24.8. The highest BCUT2D eigenvalue weighted by Crippen LogP contribution is 2.37. The molecular formula is C37H37NO5. The monoisotopic (exact) mass is 575 g/mol. The Morgan fingerprint density at radius 3 is 2.21 bits per heavy atom. The van der Waals surface area contributed by atoms with E-state index in [-0.39, 0.29) is 6.61 Å². The Hall–Kier alpha value is -4.71. The van der Waals surface area contributed by atoms with Crippen LogP contribution in [0.15, 0.2) is 97.1 Å².